The number of alkyl halides is 3. The predicted molar refractivity (Wildman–Crippen MR) is 64.8 cm³/mol. The summed E-state index contributed by atoms with van der Waals surface area (Å²) in [4.78, 5) is 0. The zero-order valence-electron chi connectivity index (χ0n) is 9.63. The molecule has 2 aromatic carbocycles. The van der Waals surface area contributed by atoms with Crippen LogP contribution in [-0.2, 0) is 6.18 Å². The largest absolute Gasteiger partial charge is 0.417 e. The zero-order valence-corrected chi connectivity index (χ0v) is 9.63. The van der Waals surface area contributed by atoms with Crippen LogP contribution < -0.4 is 0 Å². The molecule has 0 aliphatic heterocycles. The standard InChI is InChI=1S/C15H8F4/c1-2-10-7-8-14(16)12(9-10)11-5-3-4-6-13(11)15(17,18)19/h1,3-9H. The molecule has 0 heterocycles. The van der Waals surface area contributed by atoms with Gasteiger partial charge in [0.05, 0.1) is 5.56 Å². The van der Waals surface area contributed by atoms with E-state index in [9.17, 15) is 17.6 Å². The second-order valence-corrected chi connectivity index (χ2v) is 3.88. The minimum atomic E-state index is -4.55. The number of hydrogen-bond acceptors (Lipinski definition) is 0. The van der Waals surface area contributed by atoms with Gasteiger partial charge in [-0.2, -0.15) is 13.2 Å². The lowest BCUT2D eigenvalue weighted by Gasteiger charge is -2.13. The third-order valence-electron chi connectivity index (χ3n) is 2.66. The highest BCUT2D eigenvalue weighted by Gasteiger charge is 2.33. The molecule has 19 heavy (non-hydrogen) atoms. The number of terminal acetylenes is 1. The van der Waals surface area contributed by atoms with Gasteiger partial charge in [0.1, 0.15) is 5.82 Å². The fraction of sp³-hybridized carbons (Fsp3) is 0.0667. The van der Waals surface area contributed by atoms with Gasteiger partial charge in [0, 0.05) is 11.1 Å². The van der Waals surface area contributed by atoms with Gasteiger partial charge >= 0.3 is 6.18 Å². The molecule has 0 N–H and O–H groups in total. The van der Waals surface area contributed by atoms with E-state index in [-0.39, 0.29) is 11.1 Å². The van der Waals surface area contributed by atoms with E-state index in [2.05, 4.69) is 5.92 Å². The van der Waals surface area contributed by atoms with Crippen molar-refractivity contribution in [1.82, 2.24) is 0 Å². The van der Waals surface area contributed by atoms with Gasteiger partial charge in [-0.1, -0.05) is 24.1 Å². The Morgan fingerprint density at radius 1 is 0.947 bits per heavy atom. The molecule has 4 heteroatoms. The SMILES string of the molecule is C#Cc1ccc(F)c(-c2ccccc2C(F)(F)F)c1. The first-order valence-electron chi connectivity index (χ1n) is 5.36. The smallest absolute Gasteiger partial charge is 0.206 e. The minimum absolute atomic E-state index is 0.150. The van der Waals surface area contributed by atoms with Gasteiger partial charge in [0.15, 0.2) is 0 Å². The van der Waals surface area contributed by atoms with Crippen LogP contribution in [0.25, 0.3) is 11.1 Å². The first-order chi connectivity index (χ1) is 8.93. The summed E-state index contributed by atoms with van der Waals surface area (Å²) in [6.07, 6.45) is 0.630. The van der Waals surface area contributed by atoms with Crippen LogP contribution in [0.1, 0.15) is 11.1 Å². The van der Waals surface area contributed by atoms with Crippen molar-refractivity contribution in [2.75, 3.05) is 0 Å². The van der Waals surface area contributed by atoms with Gasteiger partial charge in [-0.15, -0.1) is 6.42 Å². The molecule has 0 unspecified atom stereocenters. The predicted octanol–water partition coefficient (Wildman–Crippen LogP) is 4.49. The molecular formula is C15H8F4. The molecule has 0 atom stereocenters. The Morgan fingerprint density at radius 3 is 2.26 bits per heavy atom. The fourth-order valence-electron chi connectivity index (χ4n) is 1.79. The van der Waals surface area contributed by atoms with Gasteiger partial charge in [-0.25, -0.2) is 4.39 Å². The lowest BCUT2D eigenvalue weighted by molar-refractivity contribution is -0.137. The average molecular weight is 264 g/mol. The van der Waals surface area contributed by atoms with Crippen molar-refractivity contribution in [3.8, 4) is 23.5 Å². The molecule has 0 bridgehead atoms. The molecule has 0 saturated carbocycles. The van der Waals surface area contributed by atoms with Crippen LogP contribution in [0.2, 0.25) is 0 Å². The second-order valence-electron chi connectivity index (χ2n) is 3.88. The Kier molecular flexibility index (Phi) is 3.30. The number of hydrogen-bond donors (Lipinski definition) is 0. The number of rotatable bonds is 1. The van der Waals surface area contributed by atoms with E-state index in [0.29, 0.717) is 5.56 Å². The zero-order chi connectivity index (χ0) is 14.0. The highest BCUT2D eigenvalue weighted by Crippen LogP contribution is 2.37. The number of halogens is 4. The van der Waals surface area contributed by atoms with Crippen molar-refractivity contribution >= 4 is 0 Å². The highest BCUT2D eigenvalue weighted by molar-refractivity contribution is 5.70. The molecule has 0 aliphatic rings. The lowest BCUT2D eigenvalue weighted by Crippen LogP contribution is -2.07. The molecule has 2 aromatic rings. The summed E-state index contributed by atoms with van der Waals surface area (Å²) < 4.78 is 52.4. The Hall–Kier alpha value is -2.28. The third kappa shape index (κ3) is 2.60. The Balaban J connectivity index is 2.70. The van der Waals surface area contributed by atoms with E-state index in [4.69, 9.17) is 6.42 Å². The van der Waals surface area contributed by atoms with Crippen LogP contribution in [0.5, 0.6) is 0 Å². The summed E-state index contributed by atoms with van der Waals surface area (Å²) in [5.74, 6) is 1.53. The van der Waals surface area contributed by atoms with Gasteiger partial charge < -0.3 is 0 Å². The summed E-state index contributed by atoms with van der Waals surface area (Å²) in [5, 5.41) is 0. The van der Waals surface area contributed by atoms with E-state index in [1.54, 1.807) is 0 Å². The molecule has 0 fully saturated rings. The van der Waals surface area contributed by atoms with Gasteiger partial charge in [0.25, 0.3) is 0 Å². The van der Waals surface area contributed by atoms with Crippen molar-refractivity contribution in [3.05, 3.63) is 59.4 Å². The van der Waals surface area contributed by atoms with E-state index >= 15 is 0 Å². The van der Waals surface area contributed by atoms with Crippen LogP contribution in [0.15, 0.2) is 42.5 Å². The monoisotopic (exact) mass is 264 g/mol. The van der Waals surface area contributed by atoms with Crippen LogP contribution >= 0.6 is 0 Å². The molecule has 0 aliphatic carbocycles. The quantitative estimate of drug-likeness (QED) is 0.525. The average Bonchev–Trinajstić information content (AvgIpc) is 2.38. The molecule has 96 valence electrons. The van der Waals surface area contributed by atoms with Crippen molar-refractivity contribution in [2.45, 2.75) is 6.18 Å². The van der Waals surface area contributed by atoms with Gasteiger partial charge in [-0.3, -0.25) is 0 Å². The van der Waals surface area contributed by atoms with Gasteiger partial charge in [-0.05, 0) is 29.8 Å². The normalized spacial score (nSPS) is 11.1. The van der Waals surface area contributed by atoms with Crippen molar-refractivity contribution in [2.24, 2.45) is 0 Å². The maximum absolute atomic E-state index is 13.7. The summed E-state index contributed by atoms with van der Waals surface area (Å²) in [5.41, 5.74) is -0.926. The summed E-state index contributed by atoms with van der Waals surface area (Å²) in [6.45, 7) is 0. The number of benzene rings is 2. The molecule has 0 radical (unpaired) electrons. The van der Waals surface area contributed by atoms with Crippen LogP contribution in [0.4, 0.5) is 17.6 Å². The topological polar surface area (TPSA) is 0 Å². The first kappa shape index (κ1) is 13.2. The van der Waals surface area contributed by atoms with Crippen molar-refractivity contribution in [3.63, 3.8) is 0 Å². The molecule has 0 amide bonds. The van der Waals surface area contributed by atoms with Crippen molar-refractivity contribution < 1.29 is 17.6 Å². The van der Waals surface area contributed by atoms with Crippen LogP contribution in [0, 0.1) is 18.2 Å². The van der Waals surface area contributed by atoms with Crippen molar-refractivity contribution in [1.29, 1.82) is 0 Å². The van der Waals surface area contributed by atoms with Crippen LogP contribution in [-0.4, -0.2) is 0 Å². The summed E-state index contributed by atoms with van der Waals surface area (Å²) >= 11 is 0. The van der Waals surface area contributed by atoms with Crippen LogP contribution in [0.3, 0.4) is 0 Å². The molecule has 2 rings (SSSR count). The molecule has 0 aromatic heterocycles. The van der Waals surface area contributed by atoms with Gasteiger partial charge in [0.2, 0.25) is 0 Å². The Bertz CT molecular complexity index is 648. The lowest BCUT2D eigenvalue weighted by atomic mass is 9.97. The first-order valence-corrected chi connectivity index (χ1v) is 5.36. The Morgan fingerprint density at radius 2 is 1.63 bits per heavy atom. The maximum atomic E-state index is 13.7. The Labute approximate surface area is 107 Å². The third-order valence-corrected chi connectivity index (χ3v) is 2.66. The second kappa shape index (κ2) is 4.77. The minimum Gasteiger partial charge on any atom is -0.206 e. The van der Waals surface area contributed by atoms with E-state index in [1.165, 1.54) is 30.3 Å². The highest BCUT2D eigenvalue weighted by atomic mass is 19.4. The van der Waals surface area contributed by atoms with E-state index < -0.39 is 17.6 Å². The summed E-state index contributed by atoms with van der Waals surface area (Å²) in [7, 11) is 0. The van der Waals surface area contributed by atoms with E-state index in [1.807, 2.05) is 0 Å². The molecular weight excluding hydrogens is 256 g/mol. The summed E-state index contributed by atoms with van der Waals surface area (Å²) in [6, 6.07) is 8.47. The molecule has 0 nitrogen and oxygen atoms in total. The van der Waals surface area contributed by atoms with E-state index in [0.717, 1.165) is 12.1 Å². The maximum Gasteiger partial charge on any atom is 0.417 e. The fourth-order valence-corrected chi connectivity index (χ4v) is 1.79. The molecule has 0 saturated heterocycles. The molecule has 0 spiro atoms.